The van der Waals surface area contributed by atoms with E-state index in [1.54, 1.807) is 24.3 Å². The van der Waals surface area contributed by atoms with Crippen LogP contribution in [0.5, 0.6) is 0 Å². The topological polar surface area (TPSA) is 122 Å². The van der Waals surface area contributed by atoms with E-state index in [1.807, 2.05) is 24.5 Å². The van der Waals surface area contributed by atoms with Crippen LogP contribution in [-0.4, -0.2) is 63.2 Å². The molecular formula is C23H24ClN6O4S2+. The lowest BCUT2D eigenvalue weighted by atomic mass is 10.1. The minimum Gasteiger partial charge on any atom is -0.370 e. The van der Waals surface area contributed by atoms with E-state index >= 15 is 0 Å². The number of carbonyl (C=O) groups excluding carboxylic acids is 1. The van der Waals surface area contributed by atoms with Crippen LogP contribution in [0.2, 0.25) is 5.15 Å². The maximum atomic E-state index is 13.0. The molecule has 0 radical (unpaired) electrons. The Hall–Kier alpha value is -2.90. The number of halogens is 1. The number of hydrogen-bond donors (Lipinski definition) is 3. The van der Waals surface area contributed by atoms with Crippen molar-refractivity contribution in [3.05, 3.63) is 47.6 Å². The molecule has 13 heteroatoms. The quantitative estimate of drug-likeness (QED) is 0.244. The van der Waals surface area contributed by atoms with Gasteiger partial charge in [0.25, 0.3) is 5.82 Å². The average molecular weight is 548 g/mol. The first-order chi connectivity index (χ1) is 17.2. The molecule has 1 saturated heterocycles. The fraction of sp³-hybridized carbons (Fsp3) is 0.261. The molecule has 0 unspecified atom stereocenters. The number of carbonyl (C=O) groups is 1. The van der Waals surface area contributed by atoms with Crippen LogP contribution >= 0.6 is 23.4 Å². The van der Waals surface area contributed by atoms with Gasteiger partial charge in [-0.3, -0.25) is 4.72 Å². The Kier molecular flexibility index (Phi) is 6.55. The van der Waals surface area contributed by atoms with Gasteiger partial charge in [-0.2, -0.15) is 4.98 Å². The molecule has 1 spiro atoms. The molecule has 1 fully saturated rings. The Morgan fingerprint density at radius 3 is 2.42 bits per heavy atom. The van der Waals surface area contributed by atoms with Crippen LogP contribution in [0.3, 0.4) is 0 Å². The minimum absolute atomic E-state index is 0.390. The van der Waals surface area contributed by atoms with Crippen molar-refractivity contribution in [1.29, 1.82) is 0 Å². The monoisotopic (exact) mass is 547 g/mol. The molecule has 2 aliphatic rings. The molecule has 188 valence electrons. The summed E-state index contributed by atoms with van der Waals surface area (Å²) in [5.41, 5.74) is 3.27. The van der Waals surface area contributed by atoms with Crippen LogP contribution in [-0.2, 0) is 14.8 Å². The first-order valence-electron chi connectivity index (χ1n) is 11.1. The average Bonchev–Trinajstić information content (AvgIpc) is 2.91. The summed E-state index contributed by atoms with van der Waals surface area (Å²) < 4.78 is 31.3. The van der Waals surface area contributed by atoms with Gasteiger partial charge < -0.3 is 15.4 Å². The van der Waals surface area contributed by atoms with Crippen LogP contribution in [0.4, 0.5) is 33.4 Å². The van der Waals surface area contributed by atoms with Gasteiger partial charge in [-0.25, -0.2) is 22.7 Å². The van der Waals surface area contributed by atoms with Gasteiger partial charge in [0.2, 0.25) is 10.0 Å². The molecule has 3 heterocycles. The number of nitrogens with one attached hydrogen (secondary N) is 3. The number of anilines is 3. The van der Waals surface area contributed by atoms with Crippen molar-refractivity contribution in [2.45, 2.75) is 4.90 Å². The standard InChI is InChI=1S/C23H23ClN6O4S2/c1-35-19-20(24)27-21-14-3-8-17(18(13-14)30(22(19)28-21)9-11-34-12-10-30)26-23(31)25-15-4-6-16(7-5-15)29-36(2,32)33/h3-8,13,29H,9-12H2,1-2H3,(H-,25,26,27,28,31)/p+1. The summed E-state index contributed by atoms with van der Waals surface area (Å²) in [5.74, 6) is 1.36. The van der Waals surface area contributed by atoms with Crippen molar-refractivity contribution in [2.24, 2.45) is 0 Å². The van der Waals surface area contributed by atoms with E-state index in [2.05, 4.69) is 20.3 Å². The van der Waals surface area contributed by atoms with Crippen LogP contribution < -0.4 is 19.8 Å². The lowest BCUT2D eigenvalue weighted by Crippen LogP contribution is -2.53. The largest absolute Gasteiger partial charge is 0.370 e. The number of quaternary nitrogens is 1. The number of urea groups is 1. The summed E-state index contributed by atoms with van der Waals surface area (Å²) >= 11 is 8.07. The lowest BCUT2D eigenvalue weighted by molar-refractivity contribution is 0.0624. The highest BCUT2D eigenvalue weighted by Gasteiger charge is 2.44. The fourth-order valence-electron chi connectivity index (χ4n) is 4.48. The van der Waals surface area contributed by atoms with Gasteiger partial charge in [-0.15, -0.1) is 11.8 Å². The second-order valence-corrected chi connectivity index (χ2v) is 11.4. The van der Waals surface area contributed by atoms with Gasteiger partial charge in [-0.05, 0) is 42.7 Å². The molecule has 1 aromatic heterocycles. The van der Waals surface area contributed by atoms with Gasteiger partial charge in [-0.1, -0.05) is 11.6 Å². The Bertz CT molecular complexity index is 1440. The number of thioether (sulfide) groups is 1. The highest BCUT2D eigenvalue weighted by molar-refractivity contribution is 7.98. The van der Waals surface area contributed by atoms with Gasteiger partial charge in [0, 0.05) is 23.0 Å². The molecule has 0 aliphatic carbocycles. The molecular weight excluding hydrogens is 524 g/mol. The van der Waals surface area contributed by atoms with E-state index < -0.39 is 16.1 Å². The van der Waals surface area contributed by atoms with E-state index in [9.17, 15) is 13.2 Å². The Morgan fingerprint density at radius 2 is 1.75 bits per heavy atom. The number of hydrogen-bond acceptors (Lipinski definition) is 7. The van der Waals surface area contributed by atoms with Gasteiger partial charge in [0.1, 0.15) is 23.7 Å². The van der Waals surface area contributed by atoms with Crippen molar-refractivity contribution >= 4 is 68.0 Å². The summed E-state index contributed by atoms with van der Waals surface area (Å²) in [4.78, 5) is 23.2. The first-order valence-corrected chi connectivity index (χ1v) is 14.6. The number of nitrogens with zero attached hydrogens (tertiary/aromatic N) is 3. The van der Waals surface area contributed by atoms with E-state index in [4.69, 9.17) is 21.3 Å². The number of ether oxygens (including phenoxy) is 1. The molecule has 3 N–H and O–H groups in total. The fourth-order valence-corrected chi connectivity index (χ4v) is 6.06. The molecule has 4 bridgehead atoms. The van der Waals surface area contributed by atoms with Crippen molar-refractivity contribution in [2.75, 3.05) is 54.2 Å². The van der Waals surface area contributed by atoms with E-state index in [0.29, 0.717) is 58.8 Å². The third-order valence-corrected chi connectivity index (χ3v) is 7.84. The summed E-state index contributed by atoms with van der Waals surface area (Å²) in [6.07, 6.45) is 3.02. The Labute approximate surface area is 218 Å². The second kappa shape index (κ2) is 9.52. The number of rotatable bonds is 5. The smallest absolute Gasteiger partial charge is 0.323 e. The van der Waals surface area contributed by atoms with Crippen LogP contribution in [0.1, 0.15) is 0 Å². The third-order valence-electron chi connectivity index (χ3n) is 6.06. The van der Waals surface area contributed by atoms with Crippen molar-refractivity contribution in [1.82, 2.24) is 14.5 Å². The molecule has 3 aromatic rings. The molecule has 2 amide bonds. The molecule has 0 atom stereocenters. The summed E-state index contributed by atoms with van der Waals surface area (Å²) in [7, 11) is -3.38. The van der Waals surface area contributed by atoms with Crippen molar-refractivity contribution in [3.63, 3.8) is 0 Å². The molecule has 2 aliphatic heterocycles. The highest BCUT2D eigenvalue weighted by Crippen LogP contribution is 2.49. The summed E-state index contributed by atoms with van der Waals surface area (Å²) in [6, 6.07) is 11.7. The van der Waals surface area contributed by atoms with Crippen LogP contribution in [0, 0.1) is 0 Å². The minimum atomic E-state index is -3.38. The third kappa shape index (κ3) is 4.74. The van der Waals surface area contributed by atoms with Crippen molar-refractivity contribution in [3.8, 4) is 11.4 Å². The molecule has 0 saturated carbocycles. The number of fused-ring (bicyclic) bond motifs is 7. The first kappa shape index (κ1) is 24.8. The molecule has 36 heavy (non-hydrogen) atoms. The number of amides is 2. The number of benzene rings is 2. The summed E-state index contributed by atoms with van der Waals surface area (Å²) in [5, 5.41) is 6.19. The van der Waals surface area contributed by atoms with Crippen molar-refractivity contribution < 1.29 is 17.9 Å². The van der Waals surface area contributed by atoms with E-state index in [1.165, 1.54) is 11.8 Å². The SMILES string of the molecule is CSc1c(Cl)nc2nc1[N+]1(CCOCC1)c1cc-2ccc1NC(=O)Nc1ccc(NS(C)(=O)=O)cc1. The molecule has 10 nitrogen and oxygen atoms in total. The Morgan fingerprint density at radius 1 is 1.06 bits per heavy atom. The lowest BCUT2D eigenvalue weighted by Gasteiger charge is -2.40. The van der Waals surface area contributed by atoms with Crippen LogP contribution in [0.15, 0.2) is 47.4 Å². The van der Waals surface area contributed by atoms with Gasteiger partial charge in [0.15, 0.2) is 16.7 Å². The number of morpholine rings is 1. The summed E-state index contributed by atoms with van der Waals surface area (Å²) in [6.45, 7) is 2.34. The predicted molar refractivity (Wildman–Crippen MR) is 144 cm³/mol. The zero-order chi connectivity index (χ0) is 25.5. The zero-order valence-corrected chi connectivity index (χ0v) is 21.9. The molecule has 2 aromatic carbocycles. The van der Waals surface area contributed by atoms with Gasteiger partial charge in [0.05, 0.1) is 19.5 Å². The molecule has 5 rings (SSSR count). The second-order valence-electron chi connectivity index (χ2n) is 8.48. The van der Waals surface area contributed by atoms with Gasteiger partial charge >= 0.3 is 6.03 Å². The maximum Gasteiger partial charge on any atom is 0.323 e. The normalized spacial score (nSPS) is 15.8. The number of aromatic nitrogens is 2. The Balaban J connectivity index is 1.46. The zero-order valence-electron chi connectivity index (χ0n) is 19.5. The maximum absolute atomic E-state index is 13.0. The van der Waals surface area contributed by atoms with E-state index in [0.717, 1.165) is 28.2 Å². The van der Waals surface area contributed by atoms with Crippen LogP contribution in [0.25, 0.3) is 11.4 Å². The predicted octanol–water partition coefficient (Wildman–Crippen LogP) is 4.52. The van der Waals surface area contributed by atoms with E-state index in [-0.39, 0.29) is 0 Å². The number of sulfonamides is 1. The highest BCUT2D eigenvalue weighted by atomic mass is 35.5.